The van der Waals surface area contributed by atoms with Crippen LogP contribution in [0.25, 0.3) is 16.6 Å². The van der Waals surface area contributed by atoms with Crippen molar-refractivity contribution < 1.29 is 23.1 Å². The second kappa shape index (κ2) is 10.5. The van der Waals surface area contributed by atoms with Gasteiger partial charge in [-0.25, -0.2) is 22.0 Å². The Labute approximate surface area is 246 Å². The highest BCUT2D eigenvalue weighted by Gasteiger charge is 2.28. The fourth-order valence-electron chi connectivity index (χ4n) is 4.36. The number of aromatic amines is 1. The number of carboxylic acids is 1. The number of fused-ring (bicyclic) bond motifs is 1. The van der Waals surface area contributed by atoms with Crippen LogP contribution in [0.5, 0.6) is 11.5 Å². The van der Waals surface area contributed by atoms with Crippen LogP contribution in [0.1, 0.15) is 27.3 Å². The first-order valence-corrected chi connectivity index (χ1v) is 14.0. The zero-order valence-corrected chi connectivity index (χ0v) is 23.9. The summed E-state index contributed by atoms with van der Waals surface area (Å²) in [5.41, 5.74) is -1.71. The third-order valence-corrected chi connectivity index (χ3v) is 8.66. The van der Waals surface area contributed by atoms with Crippen molar-refractivity contribution in [3.8, 4) is 23.3 Å². The van der Waals surface area contributed by atoms with E-state index in [1.54, 1.807) is 18.2 Å². The van der Waals surface area contributed by atoms with E-state index in [4.69, 9.17) is 33.2 Å². The lowest BCUT2D eigenvalue weighted by molar-refractivity contribution is 0.0698. The third-order valence-electron chi connectivity index (χ3n) is 6.28. The third kappa shape index (κ3) is 4.81. The zero-order chi connectivity index (χ0) is 30.5. The first-order chi connectivity index (χ1) is 19.8. The number of benzene rings is 3. The van der Waals surface area contributed by atoms with Crippen LogP contribution >= 0.6 is 23.2 Å². The number of nitrogens with one attached hydrogen (secondary N) is 1. The van der Waals surface area contributed by atoms with Gasteiger partial charge >= 0.3 is 11.7 Å². The summed E-state index contributed by atoms with van der Waals surface area (Å²) in [6.07, 6.45) is 0. The minimum atomic E-state index is -4.16. The van der Waals surface area contributed by atoms with Gasteiger partial charge < -0.3 is 9.84 Å². The van der Waals surface area contributed by atoms with E-state index in [-0.39, 0.29) is 54.3 Å². The Kier molecular flexibility index (Phi) is 7.15. The Bertz CT molecular complexity index is 2190. The summed E-state index contributed by atoms with van der Waals surface area (Å²) >= 11 is 12.8. The van der Waals surface area contributed by atoms with Crippen molar-refractivity contribution in [3.05, 3.63) is 108 Å². The Morgan fingerprint density at radius 2 is 1.69 bits per heavy atom. The lowest BCUT2D eigenvalue weighted by Crippen LogP contribution is -2.33. The fourth-order valence-corrected chi connectivity index (χ4v) is 6.47. The molecule has 0 radical (unpaired) electrons. The van der Waals surface area contributed by atoms with Crippen LogP contribution in [0, 0.1) is 25.2 Å². The van der Waals surface area contributed by atoms with Gasteiger partial charge in [-0.3, -0.25) is 9.78 Å². The molecule has 0 aliphatic carbocycles. The SMILES string of the molecule is Cc1ccc(S(=O)(=O)n2c(C)c(C(=O)O)c3cc(Oc4c(Cl)cc(-n5nc(C#N)c(=O)[nH]c5=O)cc4Cl)ccc32)cc1. The molecule has 5 rings (SSSR count). The first kappa shape index (κ1) is 28.6. The van der Waals surface area contributed by atoms with Gasteiger partial charge in [0.2, 0.25) is 5.69 Å². The molecule has 0 aliphatic heterocycles. The second-order valence-corrected chi connectivity index (χ2v) is 11.6. The average Bonchev–Trinajstić information content (AvgIpc) is 3.22. The molecule has 0 fully saturated rings. The summed E-state index contributed by atoms with van der Waals surface area (Å²) in [7, 11) is -4.16. The number of ether oxygens (including phenoxy) is 1. The molecule has 212 valence electrons. The highest BCUT2D eigenvalue weighted by molar-refractivity contribution is 7.90. The van der Waals surface area contributed by atoms with Crippen LogP contribution in [0.15, 0.2) is 69.1 Å². The predicted octanol–water partition coefficient (Wildman–Crippen LogP) is 4.40. The number of carboxylic acid groups (broad SMARTS) is 1. The number of aromatic carboxylic acids is 1. The fraction of sp³-hybridized carbons (Fsp3) is 0.0741. The van der Waals surface area contributed by atoms with E-state index in [9.17, 15) is 27.9 Å². The zero-order valence-electron chi connectivity index (χ0n) is 21.5. The number of aromatic nitrogens is 4. The van der Waals surface area contributed by atoms with Gasteiger partial charge in [0.1, 0.15) is 11.8 Å². The molecule has 12 nitrogen and oxygen atoms in total. The molecule has 15 heteroatoms. The van der Waals surface area contributed by atoms with Crippen LogP contribution in [0.2, 0.25) is 10.0 Å². The highest BCUT2D eigenvalue weighted by Crippen LogP contribution is 2.40. The molecule has 0 atom stereocenters. The number of aryl methyl sites for hydroxylation is 1. The number of halogens is 2. The van der Waals surface area contributed by atoms with E-state index in [1.165, 1.54) is 49.4 Å². The molecule has 3 aromatic carbocycles. The van der Waals surface area contributed by atoms with Crippen LogP contribution in [-0.4, -0.2) is 38.2 Å². The van der Waals surface area contributed by atoms with Crippen molar-refractivity contribution in [3.63, 3.8) is 0 Å². The smallest absolute Gasteiger partial charge is 0.349 e. The number of hydrogen-bond acceptors (Lipinski definition) is 8. The van der Waals surface area contributed by atoms with Gasteiger partial charge in [-0.2, -0.15) is 9.94 Å². The molecule has 0 unspecified atom stereocenters. The largest absolute Gasteiger partial charge is 0.478 e. The van der Waals surface area contributed by atoms with Gasteiger partial charge in [0, 0.05) is 11.1 Å². The Balaban J connectivity index is 1.60. The summed E-state index contributed by atoms with van der Waals surface area (Å²) in [6.45, 7) is 3.21. The van der Waals surface area contributed by atoms with Crippen molar-refractivity contribution in [1.29, 1.82) is 5.26 Å². The molecule has 0 spiro atoms. The molecule has 0 saturated heterocycles. The lowest BCUT2D eigenvalue weighted by Gasteiger charge is -2.13. The minimum Gasteiger partial charge on any atom is -0.478 e. The number of H-pyrrole nitrogens is 1. The highest BCUT2D eigenvalue weighted by atomic mass is 35.5. The van der Waals surface area contributed by atoms with E-state index in [2.05, 4.69) is 5.10 Å². The van der Waals surface area contributed by atoms with Gasteiger partial charge in [-0.15, -0.1) is 5.10 Å². The number of nitriles is 1. The number of nitrogens with zero attached hydrogens (tertiary/aromatic N) is 4. The second-order valence-electron chi connectivity index (χ2n) is 9.00. The summed E-state index contributed by atoms with van der Waals surface area (Å²) in [5, 5.41) is 22.6. The van der Waals surface area contributed by atoms with Crippen molar-refractivity contribution in [2.24, 2.45) is 0 Å². The van der Waals surface area contributed by atoms with Gasteiger partial charge in [-0.1, -0.05) is 40.9 Å². The summed E-state index contributed by atoms with van der Waals surface area (Å²) < 4.78 is 34.7. The molecule has 0 saturated carbocycles. The number of rotatable bonds is 6. The van der Waals surface area contributed by atoms with E-state index < -0.39 is 32.9 Å². The number of hydrogen-bond donors (Lipinski definition) is 2. The lowest BCUT2D eigenvalue weighted by atomic mass is 10.1. The molecule has 2 heterocycles. The van der Waals surface area contributed by atoms with Crippen LogP contribution < -0.4 is 16.0 Å². The van der Waals surface area contributed by atoms with Gasteiger partial charge in [0.25, 0.3) is 15.6 Å². The molecular formula is C27H17Cl2N5O7S. The number of carbonyl (C=O) groups is 1. The van der Waals surface area contributed by atoms with Crippen LogP contribution in [0.4, 0.5) is 0 Å². The minimum absolute atomic E-state index is 0.00812. The van der Waals surface area contributed by atoms with Crippen LogP contribution in [-0.2, 0) is 10.0 Å². The van der Waals surface area contributed by atoms with Crippen molar-refractivity contribution >= 4 is 50.1 Å². The normalized spacial score (nSPS) is 11.4. The van der Waals surface area contributed by atoms with Crippen molar-refractivity contribution in [1.82, 2.24) is 18.7 Å². The molecule has 2 N–H and O–H groups in total. The average molecular weight is 626 g/mol. The molecule has 5 aromatic rings. The molecule has 0 bridgehead atoms. The Morgan fingerprint density at radius 3 is 2.29 bits per heavy atom. The maximum Gasteiger partial charge on any atom is 0.349 e. The summed E-state index contributed by atoms with van der Waals surface area (Å²) in [6, 6.07) is 14.4. The maximum atomic E-state index is 13.6. The summed E-state index contributed by atoms with van der Waals surface area (Å²) in [4.78, 5) is 38.1. The van der Waals surface area contributed by atoms with E-state index in [0.717, 1.165) is 14.2 Å². The van der Waals surface area contributed by atoms with E-state index in [0.29, 0.717) is 0 Å². The van der Waals surface area contributed by atoms with Crippen LogP contribution in [0.3, 0.4) is 0 Å². The van der Waals surface area contributed by atoms with Crippen molar-refractivity contribution in [2.75, 3.05) is 0 Å². The summed E-state index contributed by atoms with van der Waals surface area (Å²) in [5.74, 6) is -1.33. The molecule has 0 amide bonds. The maximum absolute atomic E-state index is 13.6. The quantitative estimate of drug-likeness (QED) is 0.277. The molecule has 42 heavy (non-hydrogen) atoms. The van der Waals surface area contributed by atoms with E-state index in [1.807, 2.05) is 11.9 Å². The van der Waals surface area contributed by atoms with Gasteiger partial charge in [-0.05, 0) is 56.3 Å². The molecular weight excluding hydrogens is 609 g/mol. The van der Waals surface area contributed by atoms with E-state index >= 15 is 0 Å². The first-order valence-electron chi connectivity index (χ1n) is 11.8. The Hall–Kier alpha value is -4.90. The van der Waals surface area contributed by atoms with Gasteiger partial charge in [0.15, 0.2) is 5.75 Å². The van der Waals surface area contributed by atoms with Gasteiger partial charge in [0.05, 0.1) is 31.7 Å². The molecule has 0 aliphatic rings. The topological polar surface area (TPSA) is 177 Å². The van der Waals surface area contributed by atoms with Crippen molar-refractivity contribution in [2.45, 2.75) is 18.7 Å². The Morgan fingerprint density at radius 1 is 1.05 bits per heavy atom. The monoisotopic (exact) mass is 625 g/mol. The standard InChI is InChI=1S/C27H17Cl2N5O7S/c1-13-3-6-17(7-4-13)42(39,40)34-14(2)23(26(36)37)18-11-16(5-8-22(18)34)41-24-19(28)9-15(10-20(24)29)33-27(38)31-25(35)21(12-30)32-33/h3-11H,1-2H3,(H,36,37)(H,31,35,38). The predicted molar refractivity (Wildman–Crippen MR) is 153 cm³/mol. The molecule has 2 aromatic heterocycles.